The summed E-state index contributed by atoms with van der Waals surface area (Å²) >= 11 is 0. The molecule has 198 valence electrons. The van der Waals surface area contributed by atoms with Gasteiger partial charge in [-0.3, -0.25) is 9.32 Å². The minimum atomic E-state index is -4.74. The van der Waals surface area contributed by atoms with E-state index in [1.807, 2.05) is 0 Å². The average Bonchev–Trinajstić information content (AvgIpc) is 3.26. The summed E-state index contributed by atoms with van der Waals surface area (Å²) in [6.07, 6.45) is 7.76. The lowest BCUT2D eigenvalue weighted by atomic mass is 9.51. The van der Waals surface area contributed by atoms with Crippen molar-refractivity contribution >= 4 is 34.3 Å². The summed E-state index contributed by atoms with van der Waals surface area (Å²) in [6, 6.07) is 6.21. The first-order valence-corrected chi connectivity index (χ1v) is 15.5. The van der Waals surface area contributed by atoms with Crippen LogP contribution >= 0.6 is 7.82 Å². The van der Waals surface area contributed by atoms with E-state index in [-0.39, 0.29) is 22.2 Å². The largest absolute Gasteiger partial charge is 0.470 e. The molecule has 7 rings (SSSR count). The summed E-state index contributed by atoms with van der Waals surface area (Å²) in [6.45, 7) is -2.78. The number of nitrogens with one attached hydrogen (secondary N) is 2. The predicted molar refractivity (Wildman–Crippen MR) is 139 cm³/mol. The molecule has 1 aromatic carbocycles. The van der Waals surface area contributed by atoms with Crippen LogP contribution in [0.1, 0.15) is 42.6 Å². The fourth-order valence-electron chi connectivity index (χ4n) is 7.42. The number of phosphoric ester groups is 1. The number of pyridine rings is 1. The Morgan fingerprint density at radius 2 is 1.92 bits per heavy atom. The van der Waals surface area contributed by atoms with Crippen LogP contribution in [0.2, 0.25) is 0 Å². The SMILES string of the molecule is [2H]C([2H])([2H])n1cc(-c2cc(S(C)(=O)=O)ccc2NC23CC4CC(C2)CC(OP(=O)(O)O)(C4)C3)c2cc[nH]c2c1=O. The summed E-state index contributed by atoms with van der Waals surface area (Å²) in [4.78, 5) is 35.2. The number of rotatable bonds is 6. The first kappa shape index (κ1) is 21.5. The summed E-state index contributed by atoms with van der Waals surface area (Å²) in [7, 11) is -8.38. The van der Waals surface area contributed by atoms with Crippen LogP contribution in [-0.4, -0.2) is 45.2 Å². The zero-order chi connectivity index (χ0) is 28.9. The number of aryl methyl sites for hydroxylation is 1. The van der Waals surface area contributed by atoms with Gasteiger partial charge in [-0.25, -0.2) is 13.0 Å². The smallest absolute Gasteiger partial charge is 0.379 e. The van der Waals surface area contributed by atoms with Crippen molar-refractivity contribution in [2.24, 2.45) is 18.8 Å². The topological polar surface area (TPSA) is 151 Å². The standard InChI is InChI=1S/C25H30N3O7PS/c1-28-13-20(18-5-6-26-22(18)23(28)29)19-8-17(37(2,33)34)3-4-21(19)27-24-9-15-7-16(10-24)12-25(11-15,14-24)35-36(30,31)32/h3-6,8,13,15-16,26-27H,7,9-12,14H2,1-2H3,(H2,30,31,32)/i1D3. The van der Waals surface area contributed by atoms with Crippen molar-refractivity contribution in [2.45, 2.75) is 54.6 Å². The molecule has 0 radical (unpaired) electrons. The molecule has 10 nitrogen and oxygen atoms in total. The van der Waals surface area contributed by atoms with Gasteiger partial charge in [-0.2, -0.15) is 0 Å². The number of fused-ring (bicyclic) bond motifs is 1. The van der Waals surface area contributed by atoms with E-state index in [2.05, 4.69) is 10.3 Å². The van der Waals surface area contributed by atoms with Crippen molar-refractivity contribution in [1.82, 2.24) is 9.55 Å². The van der Waals surface area contributed by atoms with Crippen molar-refractivity contribution in [3.63, 3.8) is 0 Å². The van der Waals surface area contributed by atoms with Crippen LogP contribution in [0.3, 0.4) is 0 Å². The predicted octanol–water partition coefficient (Wildman–Crippen LogP) is 3.55. The van der Waals surface area contributed by atoms with Crippen LogP contribution in [0.25, 0.3) is 22.0 Å². The molecule has 2 unspecified atom stereocenters. The van der Waals surface area contributed by atoms with E-state index >= 15 is 0 Å². The Bertz CT molecular complexity index is 1730. The molecule has 0 aliphatic heterocycles. The van der Waals surface area contributed by atoms with Gasteiger partial charge in [-0.15, -0.1) is 0 Å². The van der Waals surface area contributed by atoms with Crippen LogP contribution in [-0.2, 0) is 25.9 Å². The first-order valence-electron chi connectivity index (χ1n) is 13.6. The molecule has 12 heteroatoms. The lowest BCUT2D eigenvalue weighted by Crippen LogP contribution is -2.62. The van der Waals surface area contributed by atoms with Gasteiger partial charge in [0, 0.05) is 63.9 Å². The van der Waals surface area contributed by atoms with E-state index in [4.69, 9.17) is 8.64 Å². The van der Waals surface area contributed by atoms with Crippen LogP contribution in [0.5, 0.6) is 0 Å². The van der Waals surface area contributed by atoms with E-state index in [9.17, 15) is 27.6 Å². The summed E-state index contributed by atoms with van der Waals surface area (Å²) in [5.41, 5.74) is -0.916. The van der Waals surface area contributed by atoms with Crippen LogP contribution in [0.4, 0.5) is 5.69 Å². The molecule has 0 amide bonds. The Balaban J connectivity index is 1.52. The van der Waals surface area contributed by atoms with Gasteiger partial charge in [0.1, 0.15) is 5.52 Å². The van der Waals surface area contributed by atoms with Crippen LogP contribution < -0.4 is 10.9 Å². The molecule has 4 bridgehead atoms. The molecule has 0 saturated heterocycles. The maximum atomic E-state index is 13.0. The molecule has 0 spiro atoms. The van der Waals surface area contributed by atoms with Gasteiger partial charge in [0.15, 0.2) is 9.84 Å². The number of sulfone groups is 1. The maximum absolute atomic E-state index is 13.0. The second kappa shape index (κ2) is 8.04. The number of aromatic amines is 1. The van der Waals surface area contributed by atoms with Gasteiger partial charge in [0.25, 0.3) is 5.56 Å². The first-order chi connectivity index (χ1) is 18.5. The van der Waals surface area contributed by atoms with Gasteiger partial charge in [-0.05, 0) is 68.2 Å². The quantitative estimate of drug-likeness (QED) is 0.340. The zero-order valence-corrected chi connectivity index (χ0v) is 21.8. The maximum Gasteiger partial charge on any atom is 0.470 e. The third-order valence-corrected chi connectivity index (χ3v) is 9.89. The summed E-state index contributed by atoms with van der Waals surface area (Å²) in [5.74, 6) is 0.403. The number of benzene rings is 1. The third-order valence-electron chi connectivity index (χ3n) is 8.16. The highest BCUT2D eigenvalue weighted by molar-refractivity contribution is 7.90. The van der Waals surface area contributed by atoms with E-state index < -0.39 is 41.3 Å². The van der Waals surface area contributed by atoms with Gasteiger partial charge in [-0.1, -0.05) is 0 Å². The van der Waals surface area contributed by atoms with Crippen molar-refractivity contribution in [2.75, 3.05) is 11.6 Å². The van der Waals surface area contributed by atoms with E-state index in [0.717, 1.165) is 25.5 Å². The summed E-state index contributed by atoms with van der Waals surface area (Å²) < 4.78 is 66.8. The number of hydrogen-bond acceptors (Lipinski definition) is 6. The molecule has 4 aliphatic rings. The highest BCUT2D eigenvalue weighted by Crippen LogP contribution is 2.63. The Morgan fingerprint density at radius 1 is 1.19 bits per heavy atom. The van der Waals surface area contributed by atoms with Gasteiger partial charge in [0.05, 0.1) is 10.5 Å². The van der Waals surface area contributed by atoms with Crippen LogP contribution in [0.15, 0.2) is 46.3 Å². The molecule has 4 fully saturated rings. The minimum Gasteiger partial charge on any atom is -0.379 e. The molecule has 2 heterocycles. The number of anilines is 1. The summed E-state index contributed by atoms with van der Waals surface area (Å²) in [5, 5.41) is 4.04. The second-order valence-corrected chi connectivity index (χ2v) is 14.3. The van der Waals surface area contributed by atoms with Crippen LogP contribution in [0, 0.1) is 11.8 Å². The fraction of sp³-hybridized carbons (Fsp3) is 0.480. The Morgan fingerprint density at radius 3 is 2.57 bits per heavy atom. The third kappa shape index (κ3) is 4.36. The Kier molecular flexibility index (Phi) is 4.67. The molecule has 3 aromatic rings. The molecule has 2 aromatic heterocycles. The molecule has 4 aliphatic carbocycles. The van der Waals surface area contributed by atoms with Gasteiger partial charge < -0.3 is 24.7 Å². The molecular weight excluding hydrogens is 517 g/mol. The van der Waals surface area contributed by atoms with Crippen molar-refractivity contribution in [1.29, 1.82) is 0 Å². The highest BCUT2D eigenvalue weighted by atomic mass is 32.2. The molecular formula is C25H30N3O7PS. The molecule has 4 saturated carbocycles. The van der Waals surface area contributed by atoms with E-state index in [1.54, 1.807) is 12.1 Å². The molecule has 2 atom stereocenters. The molecule has 4 N–H and O–H groups in total. The monoisotopic (exact) mass is 550 g/mol. The van der Waals surface area contributed by atoms with Crippen molar-refractivity contribution in [3.8, 4) is 11.1 Å². The molecule has 37 heavy (non-hydrogen) atoms. The van der Waals surface area contributed by atoms with Gasteiger partial charge in [0.2, 0.25) is 0 Å². The highest BCUT2D eigenvalue weighted by Gasteiger charge is 2.60. The van der Waals surface area contributed by atoms with Crippen molar-refractivity contribution < 1.29 is 31.4 Å². The van der Waals surface area contributed by atoms with E-state index in [0.29, 0.717) is 46.0 Å². The number of phosphoric acid groups is 1. The average molecular weight is 551 g/mol. The fourth-order valence-corrected chi connectivity index (χ4v) is 8.78. The minimum absolute atomic E-state index is 0.0233. The number of H-pyrrole nitrogens is 1. The number of nitrogens with zero attached hydrogens (tertiary/aromatic N) is 1. The lowest BCUT2D eigenvalue weighted by Gasteiger charge is -2.61. The second-order valence-electron chi connectivity index (χ2n) is 11.1. The Labute approximate surface area is 218 Å². The van der Waals surface area contributed by atoms with Gasteiger partial charge >= 0.3 is 7.82 Å². The zero-order valence-electron chi connectivity index (χ0n) is 23.1. The van der Waals surface area contributed by atoms with E-state index in [1.165, 1.54) is 24.5 Å². The number of aromatic nitrogens is 2. The Hall–Kier alpha value is -2.43. The normalized spacial score (nSPS) is 30.7. The lowest BCUT2D eigenvalue weighted by molar-refractivity contribution is -0.121. The van der Waals surface area contributed by atoms with Crippen molar-refractivity contribution in [3.05, 3.63) is 47.0 Å². The number of hydrogen-bond donors (Lipinski definition) is 4.